The number of benzene rings is 2. The van der Waals surface area contributed by atoms with Crippen molar-refractivity contribution in [2.75, 3.05) is 10.2 Å². The summed E-state index contributed by atoms with van der Waals surface area (Å²) in [6, 6.07) is 12.8. The Morgan fingerprint density at radius 2 is 1.71 bits per heavy atom. The minimum absolute atomic E-state index is 0.0553. The predicted octanol–water partition coefficient (Wildman–Crippen LogP) is 4.49. The number of carbonyl (C=O) groups excluding carboxylic acids is 2. The van der Waals surface area contributed by atoms with Crippen molar-refractivity contribution in [2.45, 2.75) is 53.6 Å². The molecule has 0 saturated carbocycles. The smallest absolute Gasteiger partial charge is 0.257 e. The van der Waals surface area contributed by atoms with Gasteiger partial charge in [0.2, 0.25) is 5.91 Å². The van der Waals surface area contributed by atoms with Crippen molar-refractivity contribution in [3.63, 3.8) is 0 Å². The molecule has 7 nitrogen and oxygen atoms in total. The van der Waals surface area contributed by atoms with Crippen LogP contribution in [0.5, 0.6) is 0 Å². The van der Waals surface area contributed by atoms with Gasteiger partial charge in [0.25, 0.3) is 5.91 Å². The maximum atomic E-state index is 13.6. The van der Waals surface area contributed by atoms with Crippen LogP contribution in [0.15, 0.2) is 42.5 Å². The minimum atomic E-state index is -0.714. The van der Waals surface area contributed by atoms with Crippen molar-refractivity contribution in [3.8, 4) is 0 Å². The lowest BCUT2D eigenvalue weighted by atomic mass is 10.1. The highest BCUT2D eigenvalue weighted by atomic mass is 32.1. The lowest BCUT2D eigenvalue weighted by Crippen LogP contribution is -2.47. The molecule has 2 aromatic carbocycles. The van der Waals surface area contributed by atoms with Gasteiger partial charge in [0, 0.05) is 30.5 Å². The van der Waals surface area contributed by atoms with Crippen molar-refractivity contribution in [3.05, 3.63) is 76.1 Å². The van der Waals surface area contributed by atoms with E-state index in [2.05, 4.69) is 16.5 Å². The van der Waals surface area contributed by atoms with Crippen LogP contribution in [0.4, 0.5) is 11.4 Å². The number of nitrogens with one attached hydrogen (secondary N) is 1. The fraction of sp³-hybridized carbons (Fsp3) is 0.333. The highest BCUT2D eigenvalue weighted by Gasteiger charge is 2.44. The second kappa shape index (κ2) is 9.62. The van der Waals surface area contributed by atoms with Crippen molar-refractivity contribution in [1.29, 1.82) is 0 Å². The number of aromatic nitrogens is 2. The third-order valence-corrected chi connectivity index (χ3v) is 7.00. The SMILES string of the molecule is Cc1ccc(N2C(=O)CC(N(Cc3c(C)nn(C)c3C)C(=S)Nc3ccc(C)cc3C)C2=O)cc1. The van der Waals surface area contributed by atoms with Gasteiger partial charge >= 0.3 is 0 Å². The van der Waals surface area contributed by atoms with E-state index in [1.807, 2.05) is 75.5 Å². The Labute approximate surface area is 211 Å². The molecule has 1 aliphatic heterocycles. The fourth-order valence-corrected chi connectivity index (χ4v) is 4.81. The van der Waals surface area contributed by atoms with Gasteiger partial charge in [0.1, 0.15) is 6.04 Å². The van der Waals surface area contributed by atoms with Gasteiger partial charge in [-0.3, -0.25) is 14.3 Å². The number of rotatable bonds is 5. The summed E-state index contributed by atoms with van der Waals surface area (Å²) in [6.07, 6.45) is 0.0553. The second-order valence-electron chi connectivity index (χ2n) is 9.27. The molecule has 1 N–H and O–H groups in total. The zero-order valence-corrected chi connectivity index (χ0v) is 21.9. The lowest BCUT2D eigenvalue weighted by molar-refractivity contribution is -0.122. The number of thiocarbonyl (C=S) groups is 1. The Morgan fingerprint density at radius 1 is 1.06 bits per heavy atom. The van der Waals surface area contributed by atoms with Crippen LogP contribution in [-0.4, -0.2) is 37.6 Å². The Kier molecular flexibility index (Phi) is 6.76. The number of hydrogen-bond acceptors (Lipinski definition) is 4. The number of imide groups is 1. The molecule has 0 radical (unpaired) electrons. The summed E-state index contributed by atoms with van der Waals surface area (Å²) < 4.78 is 1.82. The van der Waals surface area contributed by atoms with Gasteiger partial charge in [-0.15, -0.1) is 0 Å². The number of carbonyl (C=O) groups is 2. The summed E-state index contributed by atoms with van der Waals surface area (Å²) in [5.41, 5.74) is 7.58. The zero-order chi connectivity index (χ0) is 25.4. The van der Waals surface area contributed by atoms with Crippen molar-refractivity contribution >= 4 is 40.5 Å². The molecule has 1 unspecified atom stereocenters. The van der Waals surface area contributed by atoms with E-state index >= 15 is 0 Å². The van der Waals surface area contributed by atoms with Crippen LogP contribution in [0.2, 0.25) is 0 Å². The number of nitrogens with zero attached hydrogens (tertiary/aromatic N) is 4. The minimum Gasteiger partial charge on any atom is -0.332 e. The molecule has 0 spiro atoms. The summed E-state index contributed by atoms with van der Waals surface area (Å²) in [5, 5.41) is 8.25. The second-order valence-corrected chi connectivity index (χ2v) is 9.66. The van der Waals surface area contributed by atoms with Gasteiger partial charge in [0.05, 0.1) is 17.8 Å². The van der Waals surface area contributed by atoms with Crippen molar-refractivity contribution in [1.82, 2.24) is 14.7 Å². The molecule has 1 saturated heterocycles. The third-order valence-electron chi connectivity index (χ3n) is 6.66. The molecule has 2 heterocycles. The highest BCUT2D eigenvalue weighted by molar-refractivity contribution is 7.80. The average molecular weight is 490 g/mol. The van der Waals surface area contributed by atoms with E-state index in [0.29, 0.717) is 17.3 Å². The van der Waals surface area contributed by atoms with Gasteiger partial charge in [-0.2, -0.15) is 5.10 Å². The van der Waals surface area contributed by atoms with E-state index in [-0.39, 0.29) is 18.2 Å². The topological polar surface area (TPSA) is 70.5 Å². The van der Waals surface area contributed by atoms with Crippen LogP contribution in [-0.2, 0) is 23.2 Å². The number of anilines is 2. The molecule has 35 heavy (non-hydrogen) atoms. The summed E-state index contributed by atoms with van der Waals surface area (Å²) in [4.78, 5) is 29.8. The largest absolute Gasteiger partial charge is 0.332 e. The molecule has 2 amide bonds. The van der Waals surface area contributed by atoms with E-state index in [1.54, 1.807) is 12.1 Å². The van der Waals surface area contributed by atoms with E-state index in [9.17, 15) is 9.59 Å². The van der Waals surface area contributed by atoms with Crippen molar-refractivity contribution in [2.24, 2.45) is 7.05 Å². The van der Waals surface area contributed by atoms with Gasteiger partial charge in [-0.05, 0) is 70.6 Å². The average Bonchev–Trinajstić information content (AvgIpc) is 3.22. The summed E-state index contributed by atoms with van der Waals surface area (Å²) >= 11 is 5.85. The van der Waals surface area contributed by atoms with E-state index in [0.717, 1.165) is 39.3 Å². The Morgan fingerprint density at radius 3 is 2.31 bits per heavy atom. The first kappa shape index (κ1) is 24.6. The molecule has 1 atom stereocenters. The molecule has 1 aliphatic rings. The third kappa shape index (κ3) is 4.84. The maximum Gasteiger partial charge on any atom is 0.257 e. The standard InChI is InChI=1S/C27H31N5O2S/c1-16-7-10-21(11-8-16)32-25(33)14-24(26(32)34)31(15-22-19(4)29-30(6)20(22)5)27(35)28-23-12-9-17(2)13-18(23)3/h7-13,24H,14-15H2,1-6H3,(H,28,35). The van der Waals surface area contributed by atoms with E-state index < -0.39 is 6.04 Å². The van der Waals surface area contributed by atoms with E-state index in [4.69, 9.17) is 12.2 Å². The predicted molar refractivity (Wildman–Crippen MR) is 142 cm³/mol. The van der Waals surface area contributed by atoms with Crippen LogP contribution in [0.1, 0.15) is 40.1 Å². The van der Waals surface area contributed by atoms with Crippen LogP contribution in [0.25, 0.3) is 0 Å². The molecular formula is C27H31N5O2S. The number of amides is 2. The van der Waals surface area contributed by atoms with Crippen molar-refractivity contribution < 1.29 is 9.59 Å². The molecule has 182 valence electrons. The Bertz CT molecular complexity index is 1310. The van der Waals surface area contributed by atoms with Gasteiger partial charge in [-0.1, -0.05) is 35.4 Å². The number of hydrogen-bond donors (Lipinski definition) is 1. The number of aryl methyl sites for hydroxylation is 5. The first-order valence-electron chi connectivity index (χ1n) is 11.6. The summed E-state index contributed by atoms with van der Waals surface area (Å²) in [7, 11) is 1.89. The first-order valence-corrected chi connectivity index (χ1v) is 12.0. The Hall–Kier alpha value is -3.52. The fourth-order valence-electron chi connectivity index (χ4n) is 4.51. The Balaban J connectivity index is 1.69. The summed E-state index contributed by atoms with van der Waals surface area (Å²) in [6.45, 7) is 10.3. The zero-order valence-electron chi connectivity index (χ0n) is 21.0. The van der Waals surface area contributed by atoms with Crippen LogP contribution < -0.4 is 10.2 Å². The molecule has 3 aromatic rings. The van der Waals surface area contributed by atoms with Crippen LogP contribution in [0, 0.1) is 34.6 Å². The monoisotopic (exact) mass is 489 g/mol. The van der Waals surface area contributed by atoms with Gasteiger partial charge in [0.15, 0.2) is 5.11 Å². The molecule has 0 bridgehead atoms. The quantitative estimate of drug-likeness (QED) is 0.421. The molecule has 8 heteroatoms. The maximum absolute atomic E-state index is 13.6. The normalized spacial score (nSPS) is 15.6. The van der Waals surface area contributed by atoms with E-state index in [1.165, 1.54) is 4.90 Å². The highest BCUT2D eigenvalue weighted by Crippen LogP contribution is 2.29. The molecular weight excluding hydrogens is 458 g/mol. The van der Waals surface area contributed by atoms with Gasteiger partial charge < -0.3 is 10.2 Å². The summed E-state index contributed by atoms with van der Waals surface area (Å²) in [5.74, 6) is -0.509. The lowest BCUT2D eigenvalue weighted by Gasteiger charge is -2.31. The molecule has 0 aliphatic carbocycles. The molecule has 1 fully saturated rings. The molecule has 4 rings (SSSR count). The molecule has 1 aromatic heterocycles. The van der Waals surface area contributed by atoms with Crippen LogP contribution >= 0.6 is 12.2 Å². The van der Waals surface area contributed by atoms with Gasteiger partial charge in [-0.25, -0.2) is 4.90 Å². The van der Waals surface area contributed by atoms with Crippen LogP contribution in [0.3, 0.4) is 0 Å². The first-order chi connectivity index (χ1) is 16.6.